The van der Waals surface area contributed by atoms with Crippen LogP contribution in [0.2, 0.25) is 5.02 Å². The Morgan fingerprint density at radius 2 is 1.90 bits per heavy atom. The van der Waals surface area contributed by atoms with Crippen molar-refractivity contribution in [2.75, 3.05) is 13.7 Å². The Kier molecular flexibility index (Phi) is 6.27. The number of aromatic hydroxyl groups is 1. The summed E-state index contributed by atoms with van der Waals surface area (Å²) in [6.07, 6.45) is 0.700. The summed E-state index contributed by atoms with van der Waals surface area (Å²) in [5.74, 6) is -1.12. The van der Waals surface area contributed by atoms with Crippen LogP contribution in [0.4, 0.5) is 0 Å². The summed E-state index contributed by atoms with van der Waals surface area (Å²) in [6.45, 7) is 1.12. The lowest BCUT2D eigenvalue weighted by atomic mass is 10.0. The van der Waals surface area contributed by atoms with Gasteiger partial charge >= 0.3 is 11.9 Å². The molecule has 31 heavy (non-hydrogen) atoms. The lowest BCUT2D eigenvalue weighted by Gasteiger charge is -2.33. The van der Waals surface area contributed by atoms with Crippen molar-refractivity contribution in [3.63, 3.8) is 0 Å². The predicted octanol–water partition coefficient (Wildman–Crippen LogP) is 4.60. The minimum atomic E-state index is -0.626. The summed E-state index contributed by atoms with van der Waals surface area (Å²) in [7, 11) is 1.36. The molecule has 160 valence electrons. The second-order valence-electron chi connectivity index (χ2n) is 7.09. The number of rotatable bonds is 5. The van der Waals surface area contributed by atoms with Crippen LogP contribution in [0.3, 0.4) is 0 Å². The molecule has 0 aliphatic carbocycles. The first kappa shape index (κ1) is 21.4. The summed E-state index contributed by atoms with van der Waals surface area (Å²) >= 11 is 7.76. The van der Waals surface area contributed by atoms with Crippen molar-refractivity contribution in [3.05, 3.63) is 81.2 Å². The second-order valence-corrected chi connectivity index (χ2v) is 8.59. The molecule has 0 spiro atoms. The first-order valence-corrected chi connectivity index (χ1v) is 10.9. The minimum absolute atomic E-state index is 0.111. The maximum atomic E-state index is 12.6. The van der Waals surface area contributed by atoms with Crippen molar-refractivity contribution in [1.82, 2.24) is 4.90 Å². The van der Waals surface area contributed by atoms with Crippen LogP contribution in [-0.4, -0.2) is 35.6 Å². The van der Waals surface area contributed by atoms with Crippen LogP contribution in [0.1, 0.15) is 32.4 Å². The third kappa shape index (κ3) is 4.44. The number of fused-ring (bicyclic) bond motifs is 1. The summed E-state index contributed by atoms with van der Waals surface area (Å²) in [6, 6.07) is 14.7. The van der Waals surface area contributed by atoms with Crippen LogP contribution in [0.5, 0.6) is 10.8 Å². The number of esters is 2. The van der Waals surface area contributed by atoms with Gasteiger partial charge in [0.15, 0.2) is 5.06 Å². The molecular weight excluding hydrogens is 438 g/mol. The van der Waals surface area contributed by atoms with Crippen LogP contribution in [0.25, 0.3) is 0 Å². The number of carbonyl (C=O) groups is 2. The van der Waals surface area contributed by atoms with E-state index < -0.39 is 12.0 Å². The van der Waals surface area contributed by atoms with Gasteiger partial charge in [-0.3, -0.25) is 4.90 Å². The second kappa shape index (κ2) is 9.09. The number of phenolic OH excluding ortho intramolecular Hbond substituents is 1. The van der Waals surface area contributed by atoms with Gasteiger partial charge in [0.25, 0.3) is 0 Å². The normalized spacial score (nSPS) is 14.5. The number of para-hydroxylation sites is 1. The molecular formula is C23H20ClNO5S. The third-order valence-electron chi connectivity index (χ3n) is 5.18. The van der Waals surface area contributed by atoms with E-state index in [0.717, 1.165) is 10.4 Å². The maximum Gasteiger partial charge on any atom is 0.348 e. The van der Waals surface area contributed by atoms with Gasteiger partial charge in [-0.25, -0.2) is 9.59 Å². The Bertz CT molecular complexity index is 1130. The van der Waals surface area contributed by atoms with Gasteiger partial charge in [-0.05, 0) is 41.8 Å². The van der Waals surface area contributed by atoms with Gasteiger partial charge in [0, 0.05) is 23.0 Å². The highest BCUT2D eigenvalue weighted by Crippen LogP contribution is 2.38. The lowest BCUT2D eigenvalue weighted by Crippen LogP contribution is -2.38. The molecule has 3 aromatic rings. The van der Waals surface area contributed by atoms with Gasteiger partial charge < -0.3 is 14.6 Å². The van der Waals surface area contributed by atoms with Gasteiger partial charge in [-0.2, -0.15) is 0 Å². The fourth-order valence-electron chi connectivity index (χ4n) is 3.67. The number of thiophene rings is 1. The van der Waals surface area contributed by atoms with E-state index in [1.54, 1.807) is 18.2 Å². The molecule has 4 rings (SSSR count). The molecule has 1 unspecified atom stereocenters. The quantitative estimate of drug-likeness (QED) is 0.564. The Hall–Kier alpha value is -2.87. The van der Waals surface area contributed by atoms with Crippen molar-refractivity contribution in [3.8, 4) is 10.8 Å². The molecule has 1 N–H and O–H groups in total. The van der Waals surface area contributed by atoms with E-state index in [1.165, 1.54) is 30.6 Å². The van der Waals surface area contributed by atoms with Crippen LogP contribution in [0, 0.1) is 0 Å². The molecule has 0 saturated heterocycles. The molecule has 0 saturated carbocycles. The molecule has 6 nitrogen and oxygen atoms in total. The van der Waals surface area contributed by atoms with E-state index in [2.05, 4.69) is 0 Å². The zero-order valence-corrected chi connectivity index (χ0v) is 18.3. The molecule has 1 aliphatic heterocycles. The molecule has 2 heterocycles. The van der Waals surface area contributed by atoms with E-state index in [4.69, 9.17) is 21.1 Å². The summed E-state index contributed by atoms with van der Waals surface area (Å²) in [5, 5.41) is 10.8. The number of hydrogen-bond acceptors (Lipinski definition) is 7. The van der Waals surface area contributed by atoms with Crippen molar-refractivity contribution in [1.29, 1.82) is 0 Å². The highest BCUT2D eigenvalue weighted by molar-refractivity contribution is 7.14. The summed E-state index contributed by atoms with van der Waals surface area (Å²) in [5.41, 5.74) is 1.79. The average Bonchev–Trinajstić information content (AvgIpc) is 3.16. The summed E-state index contributed by atoms with van der Waals surface area (Å²) < 4.78 is 10.5. The molecule has 0 bridgehead atoms. The highest BCUT2D eigenvalue weighted by atomic mass is 35.5. The number of ether oxygens (including phenoxy) is 2. The zero-order chi connectivity index (χ0) is 22.0. The molecule has 1 aliphatic rings. The van der Waals surface area contributed by atoms with Gasteiger partial charge in [0.05, 0.1) is 7.11 Å². The monoisotopic (exact) mass is 457 g/mol. The number of nitrogens with zero attached hydrogens (tertiary/aromatic N) is 1. The van der Waals surface area contributed by atoms with E-state index in [-0.39, 0.29) is 17.3 Å². The summed E-state index contributed by atoms with van der Waals surface area (Å²) in [4.78, 5) is 28.1. The molecule has 0 radical (unpaired) electrons. The third-order valence-corrected chi connectivity index (χ3v) is 6.64. The molecule has 0 amide bonds. The lowest BCUT2D eigenvalue weighted by molar-refractivity contribution is -0.147. The average molecular weight is 458 g/mol. The minimum Gasteiger partial charge on any atom is -0.507 e. The van der Waals surface area contributed by atoms with Crippen LogP contribution in [0.15, 0.2) is 54.6 Å². The fraction of sp³-hybridized carbons (Fsp3) is 0.217. The van der Waals surface area contributed by atoms with E-state index in [9.17, 15) is 14.7 Å². The predicted molar refractivity (Wildman–Crippen MR) is 118 cm³/mol. The van der Waals surface area contributed by atoms with Gasteiger partial charge in [0.2, 0.25) is 0 Å². The number of benzene rings is 2. The van der Waals surface area contributed by atoms with Crippen LogP contribution in [-0.2, 0) is 22.5 Å². The Balaban J connectivity index is 1.55. The van der Waals surface area contributed by atoms with Crippen molar-refractivity contribution < 1.29 is 24.2 Å². The number of carbonyl (C=O) groups excluding carboxylic acids is 2. The fourth-order valence-corrected chi connectivity index (χ4v) is 4.92. The van der Waals surface area contributed by atoms with Crippen molar-refractivity contribution >= 4 is 34.9 Å². The molecule has 1 atom stereocenters. The number of hydrogen-bond donors (Lipinski definition) is 1. The molecule has 8 heteroatoms. The zero-order valence-electron chi connectivity index (χ0n) is 16.7. The van der Waals surface area contributed by atoms with Crippen molar-refractivity contribution in [2.24, 2.45) is 0 Å². The SMILES string of the molecule is COC(=O)C(c1ccccc1Cl)N1CCc2sc(OC(=O)c3ccccc3O)cc2C1. The van der Waals surface area contributed by atoms with Gasteiger partial charge in [-0.1, -0.05) is 41.9 Å². The van der Waals surface area contributed by atoms with Crippen LogP contribution >= 0.6 is 22.9 Å². The molecule has 2 aromatic carbocycles. The van der Waals surface area contributed by atoms with E-state index in [0.29, 0.717) is 35.2 Å². The van der Waals surface area contributed by atoms with Crippen LogP contribution < -0.4 is 4.74 Å². The van der Waals surface area contributed by atoms with E-state index in [1.807, 2.05) is 29.2 Å². The smallest absolute Gasteiger partial charge is 0.348 e. The first-order valence-electron chi connectivity index (χ1n) is 9.66. The van der Waals surface area contributed by atoms with Crippen molar-refractivity contribution in [2.45, 2.75) is 19.0 Å². The number of methoxy groups -OCH3 is 1. The topological polar surface area (TPSA) is 76.1 Å². The van der Waals surface area contributed by atoms with Gasteiger partial charge in [0.1, 0.15) is 17.4 Å². The van der Waals surface area contributed by atoms with E-state index >= 15 is 0 Å². The standard InChI is InChI=1S/C23H20ClNO5S/c1-29-23(28)21(15-6-2-4-8-17(15)24)25-11-10-19-14(13-25)12-20(31-19)30-22(27)16-7-3-5-9-18(16)26/h2-9,12,21,26H,10-11,13H2,1H3. The first-order chi connectivity index (χ1) is 15.0. The van der Waals surface area contributed by atoms with Gasteiger partial charge in [-0.15, -0.1) is 11.3 Å². The highest BCUT2D eigenvalue weighted by Gasteiger charge is 2.33. The largest absolute Gasteiger partial charge is 0.507 e. The Morgan fingerprint density at radius 1 is 1.16 bits per heavy atom. The number of halogens is 1. The number of phenols is 1. The molecule has 1 aromatic heterocycles. The Morgan fingerprint density at radius 3 is 2.65 bits per heavy atom. The Labute approximate surface area is 188 Å². The maximum absolute atomic E-state index is 12.6. The molecule has 0 fully saturated rings.